The van der Waals surface area contributed by atoms with E-state index in [1.807, 2.05) is 24.3 Å². The van der Waals surface area contributed by atoms with Gasteiger partial charge in [-0.05, 0) is 12.1 Å². The number of anilines is 1. The van der Waals surface area contributed by atoms with Crippen LogP contribution < -0.4 is 5.73 Å². The molecule has 0 bridgehead atoms. The van der Waals surface area contributed by atoms with E-state index >= 15 is 0 Å². The lowest BCUT2D eigenvalue weighted by Crippen LogP contribution is -1.81. The number of oxazole rings is 1. The summed E-state index contributed by atoms with van der Waals surface area (Å²) in [7, 11) is 0. The number of benzene rings is 1. The average molecular weight is 264 g/mol. The van der Waals surface area contributed by atoms with Crippen LogP contribution in [-0.4, -0.2) is 15.2 Å². The maximum absolute atomic E-state index is 5.57. The zero-order valence-electron chi connectivity index (χ0n) is 8.66. The molecule has 0 saturated heterocycles. The molecule has 1 aromatic carbocycles. The third-order valence-corrected chi connectivity index (χ3v) is 3.85. The number of fused-ring (bicyclic) bond motifs is 1. The summed E-state index contributed by atoms with van der Waals surface area (Å²) in [4.78, 5) is 4.36. The normalized spacial score (nSPS) is 11.1. The molecule has 3 aromatic rings. The molecule has 2 N–H and O–H groups in total. The highest BCUT2D eigenvalue weighted by atomic mass is 32.2. The van der Waals surface area contributed by atoms with Gasteiger partial charge in [0.1, 0.15) is 10.5 Å². The molecule has 0 radical (unpaired) electrons. The molecule has 0 aliphatic carbocycles. The Hall–Kier alpha value is -1.60. The minimum atomic E-state index is 0.484. The molecule has 7 heteroatoms. The topological polar surface area (TPSA) is 77.8 Å². The summed E-state index contributed by atoms with van der Waals surface area (Å²) in [6, 6.07) is 7.68. The van der Waals surface area contributed by atoms with Crippen LogP contribution in [0.3, 0.4) is 0 Å². The second-order valence-corrected chi connectivity index (χ2v) is 5.29. The lowest BCUT2D eigenvalue weighted by molar-refractivity contribution is 0.489. The molecule has 0 amide bonds. The van der Waals surface area contributed by atoms with Gasteiger partial charge in [0.2, 0.25) is 5.13 Å². The quantitative estimate of drug-likeness (QED) is 0.732. The predicted octanol–water partition coefficient (Wildman–Crippen LogP) is 2.55. The van der Waals surface area contributed by atoms with Crippen molar-refractivity contribution in [1.29, 1.82) is 0 Å². The van der Waals surface area contributed by atoms with Crippen LogP contribution in [0.4, 0.5) is 5.13 Å². The molecule has 2 aromatic heterocycles. The van der Waals surface area contributed by atoms with Crippen LogP contribution in [0.2, 0.25) is 0 Å². The van der Waals surface area contributed by atoms with Crippen LogP contribution in [0.1, 0.15) is 5.01 Å². The van der Waals surface area contributed by atoms with Crippen LogP contribution in [0.15, 0.2) is 33.9 Å². The Morgan fingerprint density at radius 3 is 2.94 bits per heavy atom. The summed E-state index contributed by atoms with van der Waals surface area (Å²) in [5.74, 6) is 0.668. The molecule has 3 rings (SSSR count). The second-order valence-electron chi connectivity index (χ2n) is 3.27. The summed E-state index contributed by atoms with van der Waals surface area (Å²) in [6.07, 6.45) is 0. The van der Waals surface area contributed by atoms with Gasteiger partial charge < -0.3 is 10.2 Å². The van der Waals surface area contributed by atoms with Gasteiger partial charge in [0, 0.05) is 0 Å². The maximum Gasteiger partial charge on any atom is 0.257 e. The van der Waals surface area contributed by atoms with Crippen LogP contribution in [0.25, 0.3) is 11.1 Å². The first kappa shape index (κ1) is 10.5. The number of hydrogen-bond donors (Lipinski definition) is 1. The number of nitrogen functional groups attached to an aromatic ring is 1. The minimum Gasteiger partial charge on any atom is -0.431 e. The van der Waals surface area contributed by atoms with E-state index in [9.17, 15) is 0 Å². The van der Waals surface area contributed by atoms with Crippen LogP contribution in [0, 0.1) is 0 Å². The molecular weight excluding hydrogens is 256 g/mol. The molecule has 17 heavy (non-hydrogen) atoms. The molecular formula is C10H8N4OS2. The Kier molecular flexibility index (Phi) is 2.69. The first-order chi connectivity index (χ1) is 8.31. The summed E-state index contributed by atoms with van der Waals surface area (Å²) in [6.45, 7) is 0. The number of rotatable bonds is 3. The van der Waals surface area contributed by atoms with Crippen molar-refractivity contribution >= 4 is 39.3 Å². The molecule has 0 saturated carbocycles. The van der Waals surface area contributed by atoms with Crippen molar-refractivity contribution in [3.8, 4) is 0 Å². The van der Waals surface area contributed by atoms with Gasteiger partial charge >= 0.3 is 0 Å². The van der Waals surface area contributed by atoms with Crippen molar-refractivity contribution in [2.75, 3.05) is 5.73 Å². The Bertz CT molecular complexity index is 615. The lowest BCUT2D eigenvalue weighted by Gasteiger charge is -1.89. The van der Waals surface area contributed by atoms with Gasteiger partial charge in [-0.2, -0.15) is 0 Å². The summed E-state index contributed by atoms with van der Waals surface area (Å²) in [5, 5.41) is 9.69. The molecule has 0 fully saturated rings. The van der Waals surface area contributed by atoms with Crippen molar-refractivity contribution in [2.45, 2.75) is 11.0 Å². The molecule has 86 valence electrons. The van der Waals surface area contributed by atoms with E-state index in [-0.39, 0.29) is 0 Å². The fraction of sp³-hybridized carbons (Fsp3) is 0.100. The van der Waals surface area contributed by atoms with Gasteiger partial charge in [-0.15, -0.1) is 10.2 Å². The monoisotopic (exact) mass is 264 g/mol. The molecule has 0 spiro atoms. The van der Waals surface area contributed by atoms with Crippen molar-refractivity contribution in [2.24, 2.45) is 0 Å². The standard InChI is InChI=1S/C10H8N4OS2/c11-9-14-13-8(17-9)5-16-10-12-6-3-1-2-4-7(6)15-10/h1-4H,5H2,(H2,11,14). The van der Waals surface area contributed by atoms with Crippen molar-refractivity contribution in [3.05, 3.63) is 29.3 Å². The molecule has 0 atom stereocenters. The van der Waals surface area contributed by atoms with E-state index in [2.05, 4.69) is 15.2 Å². The summed E-state index contributed by atoms with van der Waals surface area (Å²) in [5.41, 5.74) is 7.17. The van der Waals surface area contributed by atoms with E-state index in [1.54, 1.807) is 0 Å². The zero-order chi connectivity index (χ0) is 11.7. The van der Waals surface area contributed by atoms with E-state index in [0.29, 0.717) is 16.1 Å². The molecule has 2 heterocycles. The third-order valence-electron chi connectivity index (χ3n) is 2.08. The Labute approximate surface area is 105 Å². The van der Waals surface area contributed by atoms with E-state index in [4.69, 9.17) is 10.2 Å². The Morgan fingerprint density at radius 1 is 1.29 bits per heavy atom. The van der Waals surface area contributed by atoms with Crippen LogP contribution in [-0.2, 0) is 5.75 Å². The number of nitrogens with zero attached hydrogens (tertiary/aromatic N) is 3. The minimum absolute atomic E-state index is 0.484. The molecule has 0 unspecified atom stereocenters. The van der Waals surface area contributed by atoms with Crippen molar-refractivity contribution in [1.82, 2.24) is 15.2 Å². The van der Waals surface area contributed by atoms with Gasteiger partial charge in [-0.1, -0.05) is 35.2 Å². The Morgan fingerprint density at radius 2 is 2.18 bits per heavy atom. The first-order valence-corrected chi connectivity index (χ1v) is 6.68. The molecule has 5 nitrogen and oxygen atoms in total. The zero-order valence-corrected chi connectivity index (χ0v) is 10.3. The highest BCUT2D eigenvalue weighted by molar-refractivity contribution is 7.98. The predicted molar refractivity (Wildman–Crippen MR) is 67.9 cm³/mol. The largest absolute Gasteiger partial charge is 0.431 e. The number of aromatic nitrogens is 3. The average Bonchev–Trinajstić information content (AvgIpc) is 2.91. The van der Waals surface area contributed by atoms with E-state index in [0.717, 1.165) is 16.1 Å². The van der Waals surface area contributed by atoms with Crippen molar-refractivity contribution in [3.63, 3.8) is 0 Å². The van der Waals surface area contributed by atoms with E-state index in [1.165, 1.54) is 23.1 Å². The number of hydrogen-bond acceptors (Lipinski definition) is 7. The number of thioether (sulfide) groups is 1. The van der Waals surface area contributed by atoms with Gasteiger partial charge in [-0.25, -0.2) is 4.98 Å². The number of nitrogens with two attached hydrogens (primary N) is 1. The maximum atomic E-state index is 5.57. The molecule has 0 aliphatic rings. The fourth-order valence-corrected chi connectivity index (χ4v) is 2.79. The van der Waals surface area contributed by atoms with Gasteiger partial charge in [-0.3, -0.25) is 0 Å². The van der Waals surface area contributed by atoms with Crippen LogP contribution >= 0.6 is 23.1 Å². The lowest BCUT2D eigenvalue weighted by atomic mass is 10.3. The SMILES string of the molecule is Nc1nnc(CSc2nc3ccccc3o2)s1. The first-order valence-electron chi connectivity index (χ1n) is 4.87. The van der Waals surface area contributed by atoms with E-state index < -0.39 is 0 Å². The molecule has 0 aliphatic heterocycles. The van der Waals surface area contributed by atoms with Gasteiger partial charge in [0.25, 0.3) is 5.22 Å². The van der Waals surface area contributed by atoms with Crippen molar-refractivity contribution < 1.29 is 4.42 Å². The number of para-hydroxylation sites is 2. The van der Waals surface area contributed by atoms with Gasteiger partial charge in [0.15, 0.2) is 5.58 Å². The summed E-state index contributed by atoms with van der Waals surface area (Å²) >= 11 is 2.87. The summed E-state index contributed by atoms with van der Waals surface area (Å²) < 4.78 is 5.57. The highest BCUT2D eigenvalue weighted by Crippen LogP contribution is 2.27. The highest BCUT2D eigenvalue weighted by Gasteiger charge is 2.08. The fourth-order valence-electron chi connectivity index (χ4n) is 1.36. The smallest absolute Gasteiger partial charge is 0.257 e. The third kappa shape index (κ3) is 2.25. The van der Waals surface area contributed by atoms with Crippen LogP contribution in [0.5, 0.6) is 0 Å². The Balaban J connectivity index is 1.76. The second kappa shape index (κ2) is 4.34. The van der Waals surface area contributed by atoms with Gasteiger partial charge in [0.05, 0.1) is 5.75 Å².